The van der Waals surface area contributed by atoms with Gasteiger partial charge >= 0.3 is 0 Å². The predicted molar refractivity (Wildman–Crippen MR) is 86.0 cm³/mol. The highest BCUT2D eigenvalue weighted by Gasteiger charge is 2.33. The second-order valence-corrected chi connectivity index (χ2v) is 5.51. The first kappa shape index (κ1) is 17.5. The van der Waals surface area contributed by atoms with Crippen LogP contribution in [0.25, 0.3) is 0 Å². The van der Waals surface area contributed by atoms with Crippen molar-refractivity contribution in [3.63, 3.8) is 0 Å². The van der Waals surface area contributed by atoms with E-state index in [-0.39, 0.29) is 5.91 Å². The van der Waals surface area contributed by atoms with Crippen LogP contribution in [0.1, 0.15) is 44.7 Å². The highest BCUT2D eigenvalue weighted by molar-refractivity contribution is 5.97. The van der Waals surface area contributed by atoms with Crippen LogP contribution in [0.3, 0.4) is 0 Å². The summed E-state index contributed by atoms with van der Waals surface area (Å²) in [5, 5.41) is 2.97. The van der Waals surface area contributed by atoms with Crippen molar-refractivity contribution in [2.75, 3.05) is 19.0 Å². The number of amides is 1. The van der Waals surface area contributed by atoms with E-state index in [4.69, 9.17) is 9.47 Å². The number of benzene rings is 1. The van der Waals surface area contributed by atoms with Gasteiger partial charge in [-0.2, -0.15) is 0 Å². The molecule has 0 heterocycles. The zero-order valence-corrected chi connectivity index (χ0v) is 14.0. The number of hydrogen-bond donors (Lipinski definition) is 1. The maximum absolute atomic E-state index is 12.5. The molecule has 0 saturated carbocycles. The van der Waals surface area contributed by atoms with Gasteiger partial charge in [0.25, 0.3) is 5.91 Å². The van der Waals surface area contributed by atoms with E-state index in [1.165, 1.54) is 0 Å². The van der Waals surface area contributed by atoms with E-state index in [9.17, 15) is 4.79 Å². The Morgan fingerprint density at radius 2 is 1.81 bits per heavy atom. The molecular weight excluding hydrogens is 266 g/mol. The van der Waals surface area contributed by atoms with Crippen molar-refractivity contribution < 1.29 is 14.3 Å². The summed E-state index contributed by atoms with van der Waals surface area (Å²) in [6.45, 7) is 10.3. The number of hydrogen-bond acceptors (Lipinski definition) is 3. The van der Waals surface area contributed by atoms with Crippen molar-refractivity contribution in [1.82, 2.24) is 0 Å². The Hall–Kier alpha value is -1.55. The number of aryl methyl sites for hydroxylation is 2. The fourth-order valence-corrected chi connectivity index (χ4v) is 2.65. The second kappa shape index (κ2) is 7.46. The highest BCUT2D eigenvalue weighted by Crippen LogP contribution is 2.28. The normalized spacial score (nSPS) is 13.6. The molecule has 118 valence electrons. The summed E-state index contributed by atoms with van der Waals surface area (Å²) in [5.41, 5.74) is 1.99. The average molecular weight is 293 g/mol. The molecule has 4 heteroatoms. The lowest BCUT2D eigenvalue weighted by atomic mass is 9.98. The Bertz CT molecular complexity index is 468. The van der Waals surface area contributed by atoms with Gasteiger partial charge in [-0.05, 0) is 57.4 Å². The maximum Gasteiger partial charge on any atom is 0.256 e. The number of rotatable bonds is 7. The lowest BCUT2D eigenvalue weighted by Crippen LogP contribution is -2.42. The molecule has 1 aromatic carbocycles. The van der Waals surface area contributed by atoms with E-state index in [0.29, 0.717) is 13.0 Å². The molecule has 1 N–H and O–H groups in total. The second-order valence-electron chi connectivity index (χ2n) is 5.51. The minimum absolute atomic E-state index is 0.102. The van der Waals surface area contributed by atoms with Crippen LogP contribution in [-0.4, -0.2) is 25.2 Å². The molecule has 1 amide bonds. The van der Waals surface area contributed by atoms with E-state index in [1.807, 2.05) is 46.8 Å². The summed E-state index contributed by atoms with van der Waals surface area (Å²) in [7, 11) is 1.65. The Kier molecular flexibility index (Phi) is 6.21. The van der Waals surface area contributed by atoms with E-state index in [0.717, 1.165) is 29.0 Å². The van der Waals surface area contributed by atoms with Crippen molar-refractivity contribution in [2.24, 2.45) is 0 Å². The van der Waals surface area contributed by atoms with Crippen molar-refractivity contribution in [3.05, 3.63) is 23.3 Å². The van der Waals surface area contributed by atoms with Crippen LogP contribution in [-0.2, 0) is 9.53 Å². The van der Waals surface area contributed by atoms with Crippen LogP contribution in [0.2, 0.25) is 0 Å². The van der Waals surface area contributed by atoms with Gasteiger partial charge in [0, 0.05) is 12.3 Å². The summed E-state index contributed by atoms with van der Waals surface area (Å²) in [4.78, 5) is 12.5. The van der Waals surface area contributed by atoms with Gasteiger partial charge in [0.1, 0.15) is 11.4 Å². The molecule has 21 heavy (non-hydrogen) atoms. The third kappa shape index (κ3) is 4.21. The predicted octanol–water partition coefficient (Wildman–Crippen LogP) is 3.85. The fourth-order valence-electron chi connectivity index (χ4n) is 2.65. The number of ether oxygens (including phenoxy) is 2. The van der Waals surface area contributed by atoms with Gasteiger partial charge in [0.2, 0.25) is 0 Å². The molecule has 0 spiro atoms. The van der Waals surface area contributed by atoms with Gasteiger partial charge in [-0.15, -0.1) is 0 Å². The molecule has 0 aliphatic carbocycles. The van der Waals surface area contributed by atoms with Crippen LogP contribution in [0, 0.1) is 13.8 Å². The third-order valence-corrected chi connectivity index (χ3v) is 3.59. The number of anilines is 1. The minimum atomic E-state index is -0.786. The molecular formula is C17H27NO3. The summed E-state index contributed by atoms with van der Waals surface area (Å²) < 4.78 is 11.0. The van der Waals surface area contributed by atoms with E-state index < -0.39 is 5.60 Å². The van der Waals surface area contributed by atoms with Crippen LogP contribution in [0.4, 0.5) is 5.69 Å². The van der Waals surface area contributed by atoms with Gasteiger partial charge in [0.05, 0.1) is 7.11 Å². The van der Waals surface area contributed by atoms with E-state index >= 15 is 0 Å². The molecule has 0 saturated heterocycles. The van der Waals surface area contributed by atoms with Gasteiger partial charge in [-0.1, -0.05) is 13.3 Å². The number of carbonyl (C=O) groups excluding carboxylic acids is 1. The fraction of sp³-hybridized carbons (Fsp3) is 0.588. The molecule has 4 nitrogen and oxygen atoms in total. The first-order valence-electron chi connectivity index (χ1n) is 7.48. The van der Waals surface area contributed by atoms with Gasteiger partial charge in [0.15, 0.2) is 0 Å². The van der Waals surface area contributed by atoms with E-state index in [1.54, 1.807) is 7.11 Å². The first-order valence-corrected chi connectivity index (χ1v) is 7.48. The largest absolute Gasteiger partial charge is 0.496 e. The Balaban J connectivity index is 2.96. The molecule has 0 radical (unpaired) electrons. The van der Waals surface area contributed by atoms with Crippen LogP contribution < -0.4 is 10.1 Å². The molecule has 1 aromatic rings. The Labute approximate surface area is 127 Å². The zero-order chi connectivity index (χ0) is 16.0. The highest BCUT2D eigenvalue weighted by atomic mass is 16.5. The Morgan fingerprint density at radius 1 is 1.24 bits per heavy atom. The number of methoxy groups -OCH3 is 1. The maximum atomic E-state index is 12.5. The lowest BCUT2D eigenvalue weighted by Gasteiger charge is -2.28. The zero-order valence-electron chi connectivity index (χ0n) is 14.0. The van der Waals surface area contributed by atoms with Crippen LogP contribution >= 0.6 is 0 Å². The lowest BCUT2D eigenvalue weighted by molar-refractivity contribution is -0.139. The molecule has 1 atom stereocenters. The monoisotopic (exact) mass is 293 g/mol. The topological polar surface area (TPSA) is 47.6 Å². The molecule has 1 rings (SSSR count). The van der Waals surface area contributed by atoms with Crippen LogP contribution in [0.5, 0.6) is 5.75 Å². The number of carbonyl (C=O) groups is 1. The molecule has 1 unspecified atom stereocenters. The molecule has 0 aliphatic heterocycles. The summed E-state index contributed by atoms with van der Waals surface area (Å²) in [5.74, 6) is 0.754. The van der Waals surface area contributed by atoms with Crippen LogP contribution in [0.15, 0.2) is 12.1 Å². The smallest absolute Gasteiger partial charge is 0.256 e. The first-order chi connectivity index (χ1) is 9.87. The Morgan fingerprint density at radius 3 is 2.24 bits per heavy atom. The average Bonchev–Trinajstić information content (AvgIpc) is 2.38. The van der Waals surface area contributed by atoms with Crippen molar-refractivity contribution in [1.29, 1.82) is 0 Å². The number of nitrogens with one attached hydrogen (secondary N) is 1. The third-order valence-electron chi connectivity index (χ3n) is 3.59. The van der Waals surface area contributed by atoms with Crippen molar-refractivity contribution in [3.8, 4) is 5.75 Å². The molecule has 0 bridgehead atoms. The van der Waals surface area contributed by atoms with Gasteiger partial charge in [-0.3, -0.25) is 4.79 Å². The molecule has 0 aromatic heterocycles. The van der Waals surface area contributed by atoms with E-state index in [2.05, 4.69) is 5.32 Å². The minimum Gasteiger partial charge on any atom is -0.496 e. The summed E-state index contributed by atoms with van der Waals surface area (Å²) >= 11 is 0. The summed E-state index contributed by atoms with van der Waals surface area (Å²) in [6, 6.07) is 3.84. The quantitative estimate of drug-likeness (QED) is 0.830. The van der Waals surface area contributed by atoms with Gasteiger partial charge < -0.3 is 14.8 Å². The van der Waals surface area contributed by atoms with Gasteiger partial charge in [-0.25, -0.2) is 0 Å². The SMILES string of the molecule is CCCC(C)(OCC)C(=O)Nc1cc(C)c(OC)c(C)c1. The summed E-state index contributed by atoms with van der Waals surface area (Å²) in [6.07, 6.45) is 1.59. The van der Waals surface area contributed by atoms with Crippen molar-refractivity contribution in [2.45, 2.75) is 53.1 Å². The standard InChI is InChI=1S/C17H27NO3/c1-7-9-17(5,21-8-2)16(19)18-14-10-12(3)15(20-6)13(4)11-14/h10-11H,7-9H2,1-6H3,(H,18,19). The molecule has 0 aliphatic rings. The molecule has 0 fully saturated rings. The van der Waals surface area contributed by atoms with Crippen molar-refractivity contribution >= 4 is 11.6 Å².